The summed E-state index contributed by atoms with van der Waals surface area (Å²) in [7, 11) is 0. The van der Waals surface area contributed by atoms with Crippen LogP contribution in [-0.4, -0.2) is 16.0 Å². The maximum Gasteiger partial charge on any atom is 0.138 e. The van der Waals surface area contributed by atoms with Crippen molar-refractivity contribution in [3.05, 3.63) is 17.0 Å². The summed E-state index contributed by atoms with van der Waals surface area (Å²) in [5.41, 5.74) is 1.52. The Bertz CT molecular complexity index is 433. The number of halogens is 1. The van der Waals surface area contributed by atoms with E-state index in [9.17, 15) is 0 Å². The van der Waals surface area contributed by atoms with Gasteiger partial charge in [0.15, 0.2) is 0 Å². The number of hydrogen-bond donors (Lipinski definition) is 1. The molecular weight excluding hydrogens is 258 g/mol. The molecule has 106 valence electrons. The topological polar surface area (TPSA) is 37.8 Å². The monoisotopic (exact) mass is 281 g/mol. The second kappa shape index (κ2) is 5.66. The molecule has 1 aromatic heterocycles. The minimum Gasteiger partial charge on any atom is -0.367 e. The fourth-order valence-electron chi connectivity index (χ4n) is 2.74. The lowest BCUT2D eigenvalue weighted by molar-refractivity contribution is 0.232. The van der Waals surface area contributed by atoms with Crippen LogP contribution < -0.4 is 5.32 Å². The maximum absolute atomic E-state index is 6.20. The zero-order chi connectivity index (χ0) is 14.0. The average molecular weight is 282 g/mol. The summed E-state index contributed by atoms with van der Waals surface area (Å²) < 4.78 is 0. The lowest BCUT2D eigenvalue weighted by Gasteiger charge is -2.35. The Morgan fingerprint density at radius 2 is 1.89 bits per heavy atom. The van der Waals surface area contributed by atoms with Gasteiger partial charge in [0.2, 0.25) is 0 Å². The van der Waals surface area contributed by atoms with E-state index in [1.165, 1.54) is 25.7 Å². The van der Waals surface area contributed by atoms with Crippen LogP contribution in [-0.2, 0) is 0 Å². The number of anilines is 1. The first-order valence-corrected chi connectivity index (χ1v) is 7.54. The van der Waals surface area contributed by atoms with Gasteiger partial charge in [0.05, 0.1) is 0 Å². The Morgan fingerprint density at radius 3 is 2.47 bits per heavy atom. The molecule has 1 aromatic rings. The van der Waals surface area contributed by atoms with Gasteiger partial charge < -0.3 is 5.32 Å². The van der Waals surface area contributed by atoms with Gasteiger partial charge in [-0.1, -0.05) is 39.3 Å². The molecule has 0 saturated heterocycles. The first-order chi connectivity index (χ1) is 8.89. The van der Waals surface area contributed by atoms with Crippen molar-refractivity contribution < 1.29 is 0 Å². The van der Waals surface area contributed by atoms with Crippen molar-refractivity contribution in [3.8, 4) is 0 Å². The average Bonchev–Trinajstić information content (AvgIpc) is 2.31. The Morgan fingerprint density at radius 1 is 1.26 bits per heavy atom. The third-order valence-electron chi connectivity index (χ3n) is 4.09. The SMILES string of the molecule is CC(C)c1c(Cl)ncnc1NC1CCC(C)(C)CC1. The van der Waals surface area contributed by atoms with Gasteiger partial charge in [-0.05, 0) is 37.0 Å². The van der Waals surface area contributed by atoms with Crippen molar-refractivity contribution in [2.45, 2.75) is 65.3 Å². The third kappa shape index (κ3) is 3.59. The molecule has 1 fully saturated rings. The smallest absolute Gasteiger partial charge is 0.138 e. The zero-order valence-corrected chi connectivity index (χ0v) is 13.1. The van der Waals surface area contributed by atoms with E-state index >= 15 is 0 Å². The van der Waals surface area contributed by atoms with Crippen molar-refractivity contribution in [2.75, 3.05) is 5.32 Å². The second-order valence-electron chi connectivity index (χ2n) is 6.66. The number of aromatic nitrogens is 2. The van der Waals surface area contributed by atoms with Gasteiger partial charge >= 0.3 is 0 Å². The van der Waals surface area contributed by atoms with E-state index in [1.807, 2.05) is 0 Å². The predicted molar refractivity (Wildman–Crippen MR) is 80.8 cm³/mol. The first-order valence-electron chi connectivity index (χ1n) is 7.16. The van der Waals surface area contributed by atoms with E-state index in [-0.39, 0.29) is 0 Å². The molecule has 1 aliphatic rings. The van der Waals surface area contributed by atoms with Crippen molar-refractivity contribution in [1.82, 2.24) is 9.97 Å². The first kappa shape index (κ1) is 14.6. The van der Waals surface area contributed by atoms with Crippen LogP contribution in [0.15, 0.2) is 6.33 Å². The van der Waals surface area contributed by atoms with Crippen LogP contribution in [0.25, 0.3) is 0 Å². The van der Waals surface area contributed by atoms with E-state index in [0.29, 0.717) is 22.5 Å². The zero-order valence-electron chi connectivity index (χ0n) is 12.3. The number of nitrogens with zero attached hydrogens (tertiary/aromatic N) is 2. The van der Waals surface area contributed by atoms with Crippen LogP contribution in [0.2, 0.25) is 5.15 Å². The Kier molecular flexibility index (Phi) is 4.34. The maximum atomic E-state index is 6.20. The van der Waals surface area contributed by atoms with Gasteiger partial charge in [0.25, 0.3) is 0 Å². The fourth-order valence-corrected chi connectivity index (χ4v) is 3.09. The minimum absolute atomic E-state index is 0.330. The molecule has 0 radical (unpaired) electrons. The summed E-state index contributed by atoms with van der Waals surface area (Å²) in [6.07, 6.45) is 6.47. The van der Waals surface area contributed by atoms with Crippen LogP contribution in [0.5, 0.6) is 0 Å². The van der Waals surface area contributed by atoms with Crippen LogP contribution >= 0.6 is 11.6 Å². The number of hydrogen-bond acceptors (Lipinski definition) is 3. The summed E-state index contributed by atoms with van der Waals surface area (Å²) in [6.45, 7) is 8.95. The van der Waals surface area contributed by atoms with E-state index in [1.54, 1.807) is 6.33 Å². The van der Waals surface area contributed by atoms with Gasteiger partial charge in [0.1, 0.15) is 17.3 Å². The molecule has 1 N–H and O–H groups in total. The van der Waals surface area contributed by atoms with E-state index < -0.39 is 0 Å². The molecule has 1 saturated carbocycles. The lowest BCUT2D eigenvalue weighted by Crippen LogP contribution is -2.30. The summed E-state index contributed by atoms with van der Waals surface area (Å²) in [4.78, 5) is 8.48. The summed E-state index contributed by atoms with van der Waals surface area (Å²) >= 11 is 6.20. The van der Waals surface area contributed by atoms with Crippen LogP contribution in [0.1, 0.15) is 64.9 Å². The summed E-state index contributed by atoms with van der Waals surface area (Å²) in [5.74, 6) is 1.25. The third-order valence-corrected chi connectivity index (χ3v) is 4.39. The molecule has 19 heavy (non-hydrogen) atoms. The molecule has 4 heteroatoms. The minimum atomic E-state index is 0.330. The van der Waals surface area contributed by atoms with Crippen LogP contribution in [0, 0.1) is 5.41 Å². The van der Waals surface area contributed by atoms with E-state index in [2.05, 4.69) is 43.0 Å². The number of rotatable bonds is 3. The quantitative estimate of drug-likeness (QED) is 0.821. The number of nitrogens with one attached hydrogen (secondary N) is 1. The Balaban J connectivity index is 2.10. The summed E-state index contributed by atoms with van der Waals surface area (Å²) in [5, 5.41) is 4.15. The highest BCUT2D eigenvalue weighted by molar-refractivity contribution is 6.30. The molecule has 0 amide bonds. The Hall–Kier alpha value is -0.830. The molecule has 0 aromatic carbocycles. The molecule has 0 spiro atoms. The highest BCUT2D eigenvalue weighted by Gasteiger charge is 2.27. The van der Waals surface area contributed by atoms with Crippen molar-refractivity contribution in [3.63, 3.8) is 0 Å². The van der Waals surface area contributed by atoms with Crippen LogP contribution in [0.4, 0.5) is 5.82 Å². The molecule has 0 bridgehead atoms. The molecule has 1 heterocycles. The van der Waals surface area contributed by atoms with Crippen molar-refractivity contribution in [2.24, 2.45) is 5.41 Å². The highest BCUT2D eigenvalue weighted by atomic mass is 35.5. The molecule has 0 atom stereocenters. The Labute approximate surface area is 121 Å². The molecular formula is C15H24ClN3. The molecule has 0 unspecified atom stereocenters. The molecule has 0 aliphatic heterocycles. The normalized spacial score (nSPS) is 19.7. The lowest BCUT2D eigenvalue weighted by atomic mass is 9.75. The second-order valence-corrected chi connectivity index (χ2v) is 7.02. The van der Waals surface area contributed by atoms with Crippen molar-refractivity contribution >= 4 is 17.4 Å². The molecule has 3 nitrogen and oxygen atoms in total. The standard InChI is InChI=1S/C15H24ClN3/c1-10(2)12-13(16)17-9-18-14(12)19-11-5-7-15(3,4)8-6-11/h9-11H,5-8H2,1-4H3,(H,17,18,19). The van der Waals surface area contributed by atoms with Gasteiger partial charge in [-0.15, -0.1) is 0 Å². The highest BCUT2D eigenvalue weighted by Crippen LogP contribution is 2.37. The summed E-state index contributed by atoms with van der Waals surface area (Å²) in [6, 6.07) is 0.511. The van der Waals surface area contributed by atoms with Crippen LogP contribution in [0.3, 0.4) is 0 Å². The fraction of sp³-hybridized carbons (Fsp3) is 0.733. The van der Waals surface area contributed by atoms with Gasteiger partial charge in [-0.25, -0.2) is 9.97 Å². The largest absolute Gasteiger partial charge is 0.367 e. The van der Waals surface area contributed by atoms with Gasteiger partial charge in [0, 0.05) is 11.6 Å². The van der Waals surface area contributed by atoms with Gasteiger partial charge in [-0.2, -0.15) is 0 Å². The molecule has 2 rings (SSSR count). The predicted octanol–water partition coefficient (Wildman–Crippen LogP) is 4.63. The van der Waals surface area contributed by atoms with Crippen molar-refractivity contribution in [1.29, 1.82) is 0 Å². The van der Waals surface area contributed by atoms with E-state index in [4.69, 9.17) is 11.6 Å². The molecule has 1 aliphatic carbocycles. The van der Waals surface area contributed by atoms with Gasteiger partial charge in [-0.3, -0.25) is 0 Å². The van der Waals surface area contributed by atoms with E-state index in [0.717, 1.165) is 11.4 Å².